The average molecular weight is 336 g/mol. The lowest BCUT2D eigenvalue weighted by molar-refractivity contribution is 0.224. The molecule has 1 aromatic heterocycles. The fourth-order valence-electron chi connectivity index (χ4n) is 2.76. The molecule has 0 atom stereocenters. The summed E-state index contributed by atoms with van der Waals surface area (Å²) in [5.41, 5.74) is 9.26. The molecule has 0 bridgehead atoms. The minimum absolute atomic E-state index is 0.589. The Hall–Kier alpha value is -2.50. The van der Waals surface area contributed by atoms with Gasteiger partial charge in [0.25, 0.3) is 0 Å². The number of nitrogens with two attached hydrogens (primary N) is 1. The zero-order chi connectivity index (χ0) is 17.5. The van der Waals surface area contributed by atoms with E-state index in [1.807, 2.05) is 30.3 Å². The summed E-state index contributed by atoms with van der Waals surface area (Å²) in [7, 11) is 0. The van der Waals surface area contributed by atoms with Gasteiger partial charge in [0.05, 0.1) is 6.54 Å². The summed E-state index contributed by atoms with van der Waals surface area (Å²) in [6.07, 6.45) is 1.02. The molecule has 0 aliphatic carbocycles. The van der Waals surface area contributed by atoms with Gasteiger partial charge in [-0.1, -0.05) is 66.7 Å². The van der Waals surface area contributed by atoms with Crippen molar-refractivity contribution in [1.29, 1.82) is 0 Å². The zero-order valence-electron chi connectivity index (χ0n) is 14.6. The molecule has 0 aliphatic rings. The van der Waals surface area contributed by atoms with E-state index in [0.717, 1.165) is 25.1 Å². The smallest absolute Gasteiger partial charge is 0.241 e. The Kier molecular flexibility index (Phi) is 5.93. The number of hydrogen-bond donors (Lipinski definition) is 1. The Morgan fingerprint density at radius 1 is 0.960 bits per heavy atom. The Balaban J connectivity index is 1.69. The van der Waals surface area contributed by atoms with Gasteiger partial charge in [0.2, 0.25) is 11.7 Å². The fraction of sp³-hybridized carbons (Fsp3) is 0.300. The van der Waals surface area contributed by atoms with Gasteiger partial charge in [-0.15, -0.1) is 0 Å². The summed E-state index contributed by atoms with van der Waals surface area (Å²) in [4.78, 5) is 6.75. The molecule has 130 valence electrons. The lowest BCUT2D eigenvalue weighted by atomic mass is 10.1. The van der Waals surface area contributed by atoms with E-state index >= 15 is 0 Å². The summed E-state index contributed by atoms with van der Waals surface area (Å²) in [6.45, 7) is 4.90. The van der Waals surface area contributed by atoms with Crippen molar-refractivity contribution in [3.63, 3.8) is 0 Å². The van der Waals surface area contributed by atoms with Gasteiger partial charge in [-0.05, 0) is 17.5 Å². The number of aromatic nitrogens is 2. The standard InChI is InChI=1S/C20H24N4O/c1-2-16-8-10-18(11-9-16)20-22-19(25-23-20)15-24(13-12-21)14-17-6-4-3-5-7-17/h3-11H,2,12-15,21H2,1H3. The maximum Gasteiger partial charge on any atom is 0.241 e. The van der Waals surface area contributed by atoms with Crippen molar-refractivity contribution in [3.05, 3.63) is 71.6 Å². The SMILES string of the molecule is CCc1ccc(-c2noc(CN(CCN)Cc3ccccc3)n2)cc1. The highest BCUT2D eigenvalue weighted by atomic mass is 16.5. The fourth-order valence-corrected chi connectivity index (χ4v) is 2.76. The van der Waals surface area contributed by atoms with Crippen LogP contribution < -0.4 is 5.73 Å². The predicted octanol–water partition coefficient (Wildman–Crippen LogP) is 3.26. The molecule has 1 heterocycles. The predicted molar refractivity (Wildman–Crippen MR) is 98.7 cm³/mol. The highest BCUT2D eigenvalue weighted by Crippen LogP contribution is 2.18. The van der Waals surface area contributed by atoms with Crippen LogP contribution in [0.15, 0.2) is 59.1 Å². The number of benzene rings is 2. The van der Waals surface area contributed by atoms with Crippen LogP contribution in [-0.4, -0.2) is 28.1 Å². The lowest BCUT2D eigenvalue weighted by Gasteiger charge is -2.19. The molecule has 5 heteroatoms. The summed E-state index contributed by atoms with van der Waals surface area (Å²) in [5.74, 6) is 1.24. The molecule has 5 nitrogen and oxygen atoms in total. The summed E-state index contributed by atoms with van der Waals surface area (Å²) >= 11 is 0. The molecule has 0 fully saturated rings. The van der Waals surface area contributed by atoms with Crippen molar-refractivity contribution in [1.82, 2.24) is 15.0 Å². The highest BCUT2D eigenvalue weighted by molar-refractivity contribution is 5.54. The molecule has 0 amide bonds. The maximum atomic E-state index is 5.75. The van der Waals surface area contributed by atoms with Gasteiger partial charge in [-0.3, -0.25) is 4.90 Å². The molecule has 0 spiro atoms. The van der Waals surface area contributed by atoms with E-state index in [9.17, 15) is 0 Å². The van der Waals surface area contributed by atoms with Crippen molar-refractivity contribution in [2.45, 2.75) is 26.4 Å². The molecule has 0 saturated heterocycles. The van der Waals surface area contributed by atoms with Crippen molar-refractivity contribution in [3.8, 4) is 11.4 Å². The van der Waals surface area contributed by atoms with Crippen molar-refractivity contribution in [2.24, 2.45) is 5.73 Å². The van der Waals surface area contributed by atoms with Crippen molar-refractivity contribution < 1.29 is 4.52 Å². The Morgan fingerprint density at radius 3 is 2.40 bits per heavy atom. The molecule has 0 saturated carbocycles. The van der Waals surface area contributed by atoms with Crippen LogP contribution in [-0.2, 0) is 19.5 Å². The third-order valence-corrected chi connectivity index (χ3v) is 4.14. The van der Waals surface area contributed by atoms with Crippen LogP contribution in [0.2, 0.25) is 0 Å². The highest BCUT2D eigenvalue weighted by Gasteiger charge is 2.13. The van der Waals surface area contributed by atoms with Crippen LogP contribution >= 0.6 is 0 Å². The van der Waals surface area contributed by atoms with Gasteiger partial charge in [0, 0.05) is 25.2 Å². The number of hydrogen-bond acceptors (Lipinski definition) is 5. The molecule has 0 aliphatic heterocycles. The minimum Gasteiger partial charge on any atom is -0.338 e. The van der Waals surface area contributed by atoms with Gasteiger partial charge in [0.15, 0.2) is 0 Å². The quantitative estimate of drug-likeness (QED) is 0.684. The van der Waals surface area contributed by atoms with Crippen LogP contribution in [0.3, 0.4) is 0 Å². The third kappa shape index (κ3) is 4.75. The monoisotopic (exact) mass is 336 g/mol. The summed E-state index contributed by atoms with van der Waals surface area (Å²) in [5, 5.41) is 4.12. The van der Waals surface area contributed by atoms with Gasteiger partial charge in [-0.25, -0.2) is 0 Å². The van der Waals surface area contributed by atoms with Gasteiger partial charge >= 0.3 is 0 Å². The summed E-state index contributed by atoms with van der Waals surface area (Å²) < 4.78 is 5.45. The van der Waals surface area contributed by atoms with Crippen LogP contribution in [0, 0.1) is 0 Å². The van der Waals surface area contributed by atoms with E-state index in [0.29, 0.717) is 24.8 Å². The molecular weight excluding hydrogens is 312 g/mol. The molecule has 0 radical (unpaired) electrons. The molecule has 2 aromatic carbocycles. The van der Waals surface area contributed by atoms with Gasteiger partial charge < -0.3 is 10.3 Å². The van der Waals surface area contributed by atoms with E-state index in [-0.39, 0.29) is 0 Å². The normalized spacial score (nSPS) is 11.2. The first-order valence-electron chi connectivity index (χ1n) is 8.66. The molecule has 2 N–H and O–H groups in total. The zero-order valence-corrected chi connectivity index (χ0v) is 14.6. The van der Waals surface area contributed by atoms with Crippen LogP contribution in [0.1, 0.15) is 23.9 Å². The molecular formula is C20H24N4O. The van der Waals surface area contributed by atoms with E-state index in [2.05, 4.69) is 46.2 Å². The first kappa shape index (κ1) is 17.3. The largest absolute Gasteiger partial charge is 0.338 e. The second-order valence-corrected chi connectivity index (χ2v) is 6.05. The summed E-state index contributed by atoms with van der Waals surface area (Å²) in [6, 6.07) is 18.6. The minimum atomic E-state index is 0.589. The first-order valence-corrected chi connectivity index (χ1v) is 8.66. The van der Waals surface area contributed by atoms with E-state index in [1.165, 1.54) is 11.1 Å². The lowest BCUT2D eigenvalue weighted by Crippen LogP contribution is -2.28. The topological polar surface area (TPSA) is 68.2 Å². The second kappa shape index (κ2) is 8.55. The van der Waals surface area contributed by atoms with Gasteiger partial charge in [0.1, 0.15) is 0 Å². The van der Waals surface area contributed by atoms with Crippen molar-refractivity contribution in [2.75, 3.05) is 13.1 Å². The second-order valence-electron chi connectivity index (χ2n) is 6.05. The van der Waals surface area contributed by atoms with Crippen LogP contribution in [0.4, 0.5) is 0 Å². The number of aryl methyl sites for hydroxylation is 1. The first-order chi connectivity index (χ1) is 12.3. The number of rotatable bonds is 8. The number of nitrogens with zero attached hydrogens (tertiary/aromatic N) is 3. The molecule has 0 unspecified atom stereocenters. The third-order valence-electron chi connectivity index (χ3n) is 4.14. The van der Waals surface area contributed by atoms with E-state index in [4.69, 9.17) is 10.3 Å². The Labute approximate surface area is 148 Å². The molecule has 25 heavy (non-hydrogen) atoms. The van der Waals surface area contributed by atoms with Crippen LogP contribution in [0.25, 0.3) is 11.4 Å². The molecule has 3 rings (SSSR count). The maximum absolute atomic E-state index is 5.75. The van der Waals surface area contributed by atoms with E-state index in [1.54, 1.807) is 0 Å². The van der Waals surface area contributed by atoms with E-state index < -0.39 is 0 Å². The Morgan fingerprint density at radius 2 is 1.72 bits per heavy atom. The average Bonchev–Trinajstić information content (AvgIpc) is 3.11. The van der Waals surface area contributed by atoms with Gasteiger partial charge in [-0.2, -0.15) is 4.98 Å². The van der Waals surface area contributed by atoms with Crippen molar-refractivity contribution >= 4 is 0 Å². The Bertz CT molecular complexity index is 768. The van der Waals surface area contributed by atoms with Crippen LogP contribution in [0.5, 0.6) is 0 Å². The molecule has 3 aromatic rings.